The summed E-state index contributed by atoms with van der Waals surface area (Å²) in [4.78, 5) is 17.7. The Hall–Kier alpha value is -4.01. The SMILES string of the molecule is COc1ccc(-c2ccsc2)cc1Cc1c(C[N]C(=O)CCC(C)Cc2ccc(OC)c(OC)c2Cl)nc2ccccn12. The number of carbonyl (C=O) groups excluding carboxylic acids is 1. The van der Waals surface area contributed by atoms with E-state index in [9.17, 15) is 4.79 Å². The standard InChI is InChI=1S/C34H35ClN3O4S/c1-22(17-24-10-12-30(41-3)34(42-4)33(24)35)8-13-32(39)36-20-27-28(38-15-6-5-7-31(38)37-27)19-26-18-23(9-11-29(26)40-2)25-14-16-43-21-25/h5-7,9-12,14-16,18,21-22H,8,13,17,19-20H2,1-4H3. The molecule has 9 heteroatoms. The number of hydrogen-bond donors (Lipinski definition) is 0. The fraction of sp³-hybridized carbons (Fsp3) is 0.294. The highest BCUT2D eigenvalue weighted by Crippen LogP contribution is 2.38. The third kappa shape index (κ3) is 6.98. The van der Waals surface area contributed by atoms with Crippen molar-refractivity contribution in [1.29, 1.82) is 0 Å². The maximum Gasteiger partial charge on any atom is 0.241 e. The van der Waals surface area contributed by atoms with Gasteiger partial charge in [-0.2, -0.15) is 11.3 Å². The molecule has 7 nitrogen and oxygen atoms in total. The smallest absolute Gasteiger partial charge is 0.241 e. The zero-order chi connectivity index (χ0) is 30.3. The highest BCUT2D eigenvalue weighted by molar-refractivity contribution is 7.08. The van der Waals surface area contributed by atoms with Crippen LogP contribution in [0.25, 0.3) is 16.8 Å². The number of methoxy groups -OCH3 is 3. The Morgan fingerprint density at radius 1 is 1.00 bits per heavy atom. The maximum atomic E-state index is 12.9. The van der Waals surface area contributed by atoms with Crippen LogP contribution >= 0.6 is 22.9 Å². The highest BCUT2D eigenvalue weighted by Gasteiger charge is 2.19. The number of imidazole rings is 1. The number of carbonyl (C=O) groups is 1. The van der Waals surface area contributed by atoms with Gasteiger partial charge in [-0.1, -0.05) is 36.7 Å². The minimum atomic E-state index is -0.134. The molecule has 5 aromatic rings. The lowest BCUT2D eigenvalue weighted by Crippen LogP contribution is -2.17. The van der Waals surface area contributed by atoms with E-state index in [0.29, 0.717) is 35.8 Å². The van der Waals surface area contributed by atoms with Gasteiger partial charge >= 0.3 is 0 Å². The van der Waals surface area contributed by atoms with Crippen molar-refractivity contribution in [3.05, 3.63) is 99.1 Å². The Labute approximate surface area is 261 Å². The summed E-state index contributed by atoms with van der Waals surface area (Å²) in [5.74, 6) is 2.03. The second-order valence-electron chi connectivity index (χ2n) is 10.5. The van der Waals surface area contributed by atoms with Gasteiger partial charge in [-0.25, -0.2) is 10.3 Å². The molecule has 0 spiro atoms. The van der Waals surface area contributed by atoms with Crippen LogP contribution in [0.15, 0.2) is 71.6 Å². The number of ether oxygens (including phenoxy) is 3. The number of fused-ring (bicyclic) bond motifs is 1. The topological polar surface area (TPSA) is 76.2 Å². The van der Waals surface area contributed by atoms with Gasteiger partial charge in [-0.15, -0.1) is 0 Å². The third-order valence-corrected chi connectivity index (χ3v) is 8.69. The molecule has 43 heavy (non-hydrogen) atoms. The number of hydrogen-bond acceptors (Lipinski definition) is 6. The summed E-state index contributed by atoms with van der Waals surface area (Å²) in [5.41, 5.74) is 6.92. The van der Waals surface area contributed by atoms with E-state index in [0.717, 1.165) is 45.9 Å². The van der Waals surface area contributed by atoms with Crippen LogP contribution in [0.3, 0.4) is 0 Å². The van der Waals surface area contributed by atoms with E-state index >= 15 is 0 Å². The van der Waals surface area contributed by atoms with Crippen LogP contribution in [0.2, 0.25) is 5.02 Å². The number of amides is 1. The minimum Gasteiger partial charge on any atom is -0.496 e. The molecule has 0 fully saturated rings. The Morgan fingerprint density at radius 3 is 2.56 bits per heavy atom. The van der Waals surface area contributed by atoms with Crippen molar-refractivity contribution in [2.75, 3.05) is 21.3 Å². The van der Waals surface area contributed by atoms with Gasteiger partial charge in [-0.3, -0.25) is 4.79 Å². The van der Waals surface area contributed by atoms with Crippen molar-refractivity contribution in [2.24, 2.45) is 5.92 Å². The van der Waals surface area contributed by atoms with Gasteiger partial charge in [0, 0.05) is 24.6 Å². The monoisotopic (exact) mass is 616 g/mol. The number of halogens is 1. The number of pyridine rings is 1. The molecule has 223 valence electrons. The summed E-state index contributed by atoms with van der Waals surface area (Å²) in [6, 6.07) is 18.1. The first kappa shape index (κ1) is 30.4. The van der Waals surface area contributed by atoms with Crippen molar-refractivity contribution in [2.45, 2.75) is 39.2 Å². The van der Waals surface area contributed by atoms with Gasteiger partial charge in [0.05, 0.1) is 44.3 Å². The molecule has 1 radical (unpaired) electrons. The number of nitrogens with zero attached hydrogens (tertiary/aromatic N) is 3. The van der Waals surface area contributed by atoms with E-state index in [1.165, 1.54) is 5.56 Å². The summed E-state index contributed by atoms with van der Waals surface area (Å²) < 4.78 is 18.5. The molecule has 1 unspecified atom stereocenters. The van der Waals surface area contributed by atoms with E-state index in [1.807, 2.05) is 42.6 Å². The lowest BCUT2D eigenvalue weighted by atomic mass is 9.96. The molecule has 0 bridgehead atoms. The molecule has 5 rings (SSSR count). The van der Waals surface area contributed by atoms with Crippen molar-refractivity contribution >= 4 is 34.5 Å². The van der Waals surface area contributed by atoms with Crippen molar-refractivity contribution in [3.63, 3.8) is 0 Å². The molecule has 3 aromatic heterocycles. The van der Waals surface area contributed by atoms with Gasteiger partial charge in [0.2, 0.25) is 5.91 Å². The lowest BCUT2D eigenvalue weighted by molar-refractivity contribution is -0.121. The van der Waals surface area contributed by atoms with Gasteiger partial charge in [0.25, 0.3) is 0 Å². The van der Waals surface area contributed by atoms with Crippen LogP contribution in [0.4, 0.5) is 0 Å². The average molecular weight is 617 g/mol. The normalized spacial score (nSPS) is 11.8. The van der Waals surface area contributed by atoms with Crippen LogP contribution < -0.4 is 19.5 Å². The zero-order valence-electron chi connectivity index (χ0n) is 24.8. The lowest BCUT2D eigenvalue weighted by Gasteiger charge is -2.16. The molecule has 0 aliphatic heterocycles. The molecule has 1 atom stereocenters. The largest absolute Gasteiger partial charge is 0.496 e. The summed E-state index contributed by atoms with van der Waals surface area (Å²) in [5, 5.41) is 9.19. The molecule has 3 heterocycles. The Balaban J connectivity index is 1.26. The molecule has 0 N–H and O–H groups in total. The summed E-state index contributed by atoms with van der Waals surface area (Å²) >= 11 is 8.24. The zero-order valence-corrected chi connectivity index (χ0v) is 26.4. The molecule has 1 amide bonds. The van der Waals surface area contributed by atoms with Gasteiger partial charge in [-0.05, 0) is 82.6 Å². The van der Waals surface area contributed by atoms with Crippen molar-refractivity contribution in [3.8, 4) is 28.4 Å². The summed E-state index contributed by atoms with van der Waals surface area (Å²) in [6.07, 6.45) is 4.35. The predicted molar refractivity (Wildman–Crippen MR) is 172 cm³/mol. The van der Waals surface area contributed by atoms with E-state index in [4.69, 9.17) is 30.8 Å². The maximum absolute atomic E-state index is 12.9. The number of benzene rings is 2. The Kier molecular flexibility index (Phi) is 9.89. The molecular weight excluding hydrogens is 582 g/mol. The molecular formula is C34H35ClN3O4S. The van der Waals surface area contributed by atoms with Crippen LogP contribution in [0.5, 0.6) is 17.2 Å². The van der Waals surface area contributed by atoms with Crippen LogP contribution in [-0.2, 0) is 24.2 Å². The van der Waals surface area contributed by atoms with Gasteiger partial charge in [0.15, 0.2) is 11.5 Å². The molecule has 0 saturated heterocycles. The second kappa shape index (κ2) is 14.0. The minimum absolute atomic E-state index is 0.134. The first-order chi connectivity index (χ1) is 20.9. The quantitative estimate of drug-likeness (QED) is 0.136. The third-order valence-electron chi connectivity index (χ3n) is 7.59. The van der Waals surface area contributed by atoms with E-state index in [1.54, 1.807) is 32.7 Å². The number of aromatic nitrogens is 2. The summed E-state index contributed by atoms with van der Waals surface area (Å²) in [7, 11) is 4.85. The van der Waals surface area contributed by atoms with Crippen LogP contribution in [0.1, 0.15) is 42.3 Å². The Morgan fingerprint density at radius 2 is 1.81 bits per heavy atom. The fourth-order valence-electron chi connectivity index (χ4n) is 5.29. The Bertz CT molecular complexity index is 1700. The predicted octanol–water partition coefficient (Wildman–Crippen LogP) is 7.62. The first-order valence-electron chi connectivity index (χ1n) is 14.2. The van der Waals surface area contributed by atoms with Crippen molar-refractivity contribution < 1.29 is 19.0 Å². The van der Waals surface area contributed by atoms with E-state index in [2.05, 4.69) is 45.6 Å². The van der Waals surface area contributed by atoms with Crippen molar-refractivity contribution in [1.82, 2.24) is 14.7 Å². The molecule has 0 aliphatic carbocycles. The van der Waals surface area contributed by atoms with E-state index < -0.39 is 0 Å². The summed E-state index contributed by atoms with van der Waals surface area (Å²) in [6.45, 7) is 2.33. The number of thiophene rings is 1. The van der Waals surface area contributed by atoms with Crippen LogP contribution in [0, 0.1) is 5.92 Å². The second-order valence-corrected chi connectivity index (χ2v) is 11.6. The molecule has 2 aromatic carbocycles. The average Bonchev–Trinajstić information content (AvgIpc) is 3.69. The number of rotatable bonds is 13. The van der Waals surface area contributed by atoms with Gasteiger partial charge < -0.3 is 18.6 Å². The highest BCUT2D eigenvalue weighted by atomic mass is 35.5. The van der Waals surface area contributed by atoms with Gasteiger partial charge in [0.1, 0.15) is 11.4 Å². The fourth-order valence-corrected chi connectivity index (χ4v) is 6.27. The van der Waals surface area contributed by atoms with E-state index in [-0.39, 0.29) is 18.4 Å². The van der Waals surface area contributed by atoms with Crippen LogP contribution in [-0.4, -0.2) is 36.6 Å². The molecule has 0 saturated carbocycles. The molecule has 0 aliphatic rings. The first-order valence-corrected chi connectivity index (χ1v) is 15.5.